The van der Waals surface area contributed by atoms with Crippen molar-refractivity contribution >= 4 is 5.91 Å². The van der Waals surface area contributed by atoms with Gasteiger partial charge in [-0.25, -0.2) is 0 Å². The summed E-state index contributed by atoms with van der Waals surface area (Å²) in [6.07, 6.45) is 3.90. The van der Waals surface area contributed by atoms with Gasteiger partial charge in [0.25, 0.3) is 0 Å². The summed E-state index contributed by atoms with van der Waals surface area (Å²) in [6, 6.07) is 15.8. The Morgan fingerprint density at radius 1 is 1.14 bits per heavy atom. The first-order chi connectivity index (χ1) is 14.2. The van der Waals surface area contributed by atoms with Crippen LogP contribution >= 0.6 is 0 Å². The maximum absolute atomic E-state index is 12.4. The molecule has 5 heteroatoms. The van der Waals surface area contributed by atoms with Crippen LogP contribution in [0.15, 0.2) is 48.5 Å². The minimum Gasteiger partial charge on any atom is -0.493 e. The number of carbonyl (C=O) groups excluding carboxylic acids is 1. The second kappa shape index (κ2) is 10.9. The maximum atomic E-state index is 12.4. The molecule has 3 rings (SSSR count). The predicted octanol–water partition coefficient (Wildman–Crippen LogP) is 4.23. The van der Waals surface area contributed by atoms with E-state index in [4.69, 9.17) is 9.47 Å². The number of rotatable bonds is 9. The molecular weight excluding hydrogens is 364 g/mol. The highest BCUT2D eigenvalue weighted by Crippen LogP contribution is 2.31. The average Bonchev–Trinajstić information content (AvgIpc) is 2.77. The molecule has 1 aliphatic heterocycles. The minimum atomic E-state index is -0.0763. The van der Waals surface area contributed by atoms with E-state index in [2.05, 4.69) is 10.6 Å². The molecule has 5 nitrogen and oxygen atoms in total. The smallest absolute Gasteiger partial charge is 0.220 e. The molecule has 0 aromatic heterocycles. The summed E-state index contributed by atoms with van der Waals surface area (Å²) in [5, 5.41) is 6.48. The summed E-state index contributed by atoms with van der Waals surface area (Å²) >= 11 is 0. The van der Waals surface area contributed by atoms with Crippen LogP contribution < -0.4 is 20.1 Å². The monoisotopic (exact) mass is 396 g/mol. The van der Waals surface area contributed by atoms with Crippen molar-refractivity contribution in [3.63, 3.8) is 0 Å². The number of ether oxygens (including phenoxy) is 2. The normalized spacial score (nSPS) is 15.5. The first-order valence-electron chi connectivity index (χ1n) is 10.5. The molecule has 1 unspecified atom stereocenters. The van der Waals surface area contributed by atoms with Gasteiger partial charge >= 0.3 is 0 Å². The van der Waals surface area contributed by atoms with Crippen molar-refractivity contribution in [3.05, 3.63) is 59.7 Å². The molecule has 29 heavy (non-hydrogen) atoms. The van der Waals surface area contributed by atoms with Crippen LogP contribution in [0, 0.1) is 5.92 Å². The Morgan fingerprint density at radius 2 is 1.90 bits per heavy atom. The Morgan fingerprint density at radius 3 is 2.62 bits per heavy atom. The minimum absolute atomic E-state index is 0.0763. The number of carbonyl (C=O) groups is 1. The van der Waals surface area contributed by atoms with Gasteiger partial charge in [-0.2, -0.15) is 0 Å². The summed E-state index contributed by atoms with van der Waals surface area (Å²) in [4.78, 5) is 12.4. The molecule has 1 atom stereocenters. The van der Waals surface area contributed by atoms with Gasteiger partial charge in [0.2, 0.25) is 5.91 Å². The van der Waals surface area contributed by atoms with Crippen LogP contribution in [0.25, 0.3) is 0 Å². The third kappa shape index (κ3) is 6.50. The second-order valence-corrected chi connectivity index (χ2v) is 7.71. The summed E-state index contributed by atoms with van der Waals surface area (Å²) in [5.41, 5.74) is 2.11. The lowest BCUT2D eigenvalue weighted by Gasteiger charge is -2.22. The third-order valence-electron chi connectivity index (χ3n) is 5.54. The Hall–Kier alpha value is -2.53. The van der Waals surface area contributed by atoms with Crippen molar-refractivity contribution in [2.75, 3.05) is 20.2 Å². The molecule has 1 amide bonds. The Balaban J connectivity index is 1.53. The van der Waals surface area contributed by atoms with Crippen molar-refractivity contribution in [1.29, 1.82) is 0 Å². The van der Waals surface area contributed by atoms with Crippen molar-refractivity contribution in [3.8, 4) is 11.5 Å². The van der Waals surface area contributed by atoms with Gasteiger partial charge in [-0.15, -0.1) is 0 Å². The number of piperidine rings is 1. The first-order valence-corrected chi connectivity index (χ1v) is 10.5. The number of hydrogen-bond donors (Lipinski definition) is 2. The molecule has 2 N–H and O–H groups in total. The molecule has 0 spiro atoms. The largest absolute Gasteiger partial charge is 0.493 e. The van der Waals surface area contributed by atoms with Gasteiger partial charge in [0.05, 0.1) is 13.2 Å². The summed E-state index contributed by atoms with van der Waals surface area (Å²) < 4.78 is 11.4. The summed E-state index contributed by atoms with van der Waals surface area (Å²) in [7, 11) is 1.64. The van der Waals surface area contributed by atoms with Gasteiger partial charge in [0.1, 0.15) is 6.61 Å². The number of nitrogens with one attached hydrogen (secondary N) is 2. The van der Waals surface area contributed by atoms with E-state index in [1.54, 1.807) is 7.11 Å². The fraction of sp³-hybridized carbons (Fsp3) is 0.458. The quantitative estimate of drug-likeness (QED) is 0.666. The number of hydrogen-bond acceptors (Lipinski definition) is 4. The lowest BCUT2D eigenvalue weighted by Crippen LogP contribution is -2.30. The van der Waals surface area contributed by atoms with Crippen LogP contribution in [0.4, 0.5) is 0 Å². The van der Waals surface area contributed by atoms with E-state index in [-0.39, 0.29) is 11.9 Å². The van der Waals surface area contributed by atoms with Crippen LogP contribution in [0.2, 0.25) is 0 Å². The Kier molecular flexibility index (Phi) is 7.94. The molecular formula is C24H32N2O3. The molecule has 156 valence electrons. The van der Waals surface area contributed by atoms with Gasteiger partial charge in [-0.3, -0.25) is 4.79 Å². The van der Waals surface area contributed by atoms with E-state index in [1.807, 2.05) is 55.5 Å². The van der Waals surface area contributed by atoms with Crippen LogP contribution in [-0.2, 0) is 11.4 Å². The molecule has 1 aliphatic rings. The second-order valence-electron chi connectivity index (χ2n) is 7.71. The van der Waals surface area contributed by atoms with Crippen molar-refractivity contribution in [1.82, 2.24) is 10.6 Å². The zero-order chi connectivity index (χ0) is 20.5. The molecule has 1 fully saturated rings. The zero-order valence-corrected chi connectivity index (χ0v) is 17.4. The lowest BCUT2D eigenvalue weighted by molar-refractivity contribution is -0.122. The standard InChI is InChI=1S/C24H32N2O3/c1-18(26-24(27)11-8-19-12-14-25-15-13-19)21-9-10-22(23(16-21)28-2)29-17-20-6-4-3-5-7-20/h3-7,9-10,16,18-19,25H,8,11-15,17H2,1-2H3,(H,26,27). The molecule has 0 radical (unpaired) electrons. The van der Waals surface area contributed by atoms with E-state index >= 15 is 0 Å². The number of benzene rings is 2. The Labute approximate surface area is 173 Å². The van der Waals surface area contributed by atoms with Crippen LogP contribution in [0.1, 0.15) is 49.8 Å². The van der Waals surface area contributed by atoms with Gasteiger partial charge in [-0.05, 0) is 68.5 Å². The highest BCUT2D eigenvalue weighted by Gasteiger charge is 2.17. The fourth-order valence-electron chi connectivity index (χ4n) is 3.71. The zero-order valence-electron chi connectivity index (χ0n) is 17.4. The fourth-order valence-corrected chi connectivity index (χ4v) is 3.71. The molecule has 0 saturated carbocycles. The van der Waals surface area contributed by atoms with Crippen LogP contribution in [-0.4, -0.2) is 26.1 Å². The lowest BCUT2D eigenvalue weighted by atomic mass is 9.93. The highest BCUT2D eigenvalue weighted by molar-refractivity contribution is 5.76. The van der Waals surface area contributed by atoms with E-state index in [0.29, 0.717) is 30.4 Å². The van der Waals surface area contributed by atoms with Crippen molar-refractivity contribution in [2.24, 2.45) is 5.92 Å². The first kappa shape index (κ1) is 21.2. The average molecular weight is 397 g/mol. The Bertz CT molecular complexity index is 773. The van der Waals surface area contributed by atoms with Gasteiger partial charge < -0.3 is 20.1 Å². The topological polar surface area (TPSA) is 59.6 Å². The number of amides is 1. The van der Waals surface area contributed by atoms with Crippen molar-refractivity contribution < 1.29 is 14.3 Å². The summed E-state index contributed by atoms with van der Waals surface area (Å²) in [6.45, 7) is 4.63. The summed E-state index contributed by atoms with van der Waals surface area (Å²) in [5.74, 6) is 2.15. The van der Waals surface area contributed by atoms with E-state index < -0.39 is 0 Å². The highest BCUT2D eigenvalue weighted by atomic mass is 16.5. The molecule has 1 saturated heterocycles. The van der Waals surface area contributed by atoms with Crippen LogP contribution in [0.3, 0.4) is 0 Å². The van der Waals surface area contributed by atoms with E-state index in [9.17, 15) is 4.79 Å². The van der Waals surface area contributed by atoms with Gasteiger partial charge in [0.15, 0.2) is 11.5 Å². The predicted molar refractivity (Wildman–Crippen MR) is 115 cm³/mol. The van der Waals surface area contributed by atoms with Crippen molar-refractivity contribution in [2.45, 2.75) is 45.3 Å². The molecule has 0 aliphatic carbocycles. The van der Waals surface area contributed by atoms with E-state index in [1.165, 1.54) is 12.8 Å². The van der Waals surface area contributed by atoms with E-state index in [0.717, 1.165) is 30.6 Å². The third-order valence-corrected chi connectivity index (χ3v) is 5.54. The molecule has 0 bridgehead atoms. The van der Waals surface area contributed by atoms with Crippen LogP contribution in [0.5, 0.6) is 11.5 Å². The van der Waals surface area contributed by atoms with Gasteiger partial charge in [0, 0.05) is 6.42 Å². The van der Waals surface area contributed by atoms with Gasteiger partial charge in [-0.1, -0.05) is 36.4 Å². The molecule has 1 heterocycles. The number of methoxy groups -OCH3 is 1. The maximum Gasteiger partial charge on any atom is 0.220 e. The molecule has 2 aromatic rings. The molecule has 2 aromatic carbocycles. The SMILES string of the molecule is COc1cc(C(C)NC(=O)CCC2CCNCC2)ccc1OCc1ccccc1.